The minimum atomic E-state index is -1.16. The third kappa shape index (κ3) is 3.59. The smallest absolute Gasteiger partial charge is 0.258 e. The van der Waals surface area contributed by atoms with E-state index < -0.39 is 11.2 Å². The number of nitrogens with zero attached hydrogens (tertiary/aromatic N) is 2. The first kappa shape index (κ1) is 18.1. The molecule has 2 aromatic heterocycles. The molecule has 0 amide bonds. The summed E-state index contributed by atoms with van der Waals surface area (Å²) in [5.41, 5.74) is 1.40. The molecular formula is C21H22N2O3S. The zero-order valence-electron chi connectivity index (χ0n) is 15.5. The maximum atomic E-state index is 12.5. The van der Waals surface area contributed by atoms with Crippen LogP contribution in [0.1, 0.15) is 19.8 Å². The zero-order valence-corrected chi connectivity index (χ0v) is 16.3. The number of benzene rings is 1. The number of pyridine rings is 2. The molecule has 0 N–H and O–H groups in total. The first-order valence-electron chi connectivity index (χ1n) is 9.19. The third-order valence-electron chi connectivity index (χ3n) is 4.85. The lowest BCUT2D eigenvalue weighted by molar-refractivity contribution is 0.299. The van der Waals surface area contributed by atoms with Crippen molar-refractivity contribution in [3.63, 3.8) is 0 Å². The average Bonchev–Trinajstić information content (AvgIpc) is 3.53. The molecule has 0 radical (unpaired) electrons. The highest BCUT2D eigenvalue weighted by atomic mass is 32.2. The molecule has 4 rings (SSSR count). The minimum absolute atomic E-state index is 0.0527. The Balaban J connectivity index is 1.91. The van der Waals surface area contributed by atoms with Gasteiger partial charge in [-0.3, -0.25) is 4.79 Å². The predicted octanol–water partition coefficient (Wildman–Crippen LogP) is 3.52. The second-order valence-electron chi connectivity index (χ2n) is 6.89. The Kier molecular flexibility index (Phi) is 4.93. The lowest BCUT2D eigenvalue weighted by Crippen LogP contribution is -2.17. The van der Waals surface area contributed by atoms with Gasteiger partial charge in [-0.15, -0.1) is 0 Å². The molecule has 1 atom stereocenters. The van der Waals surface area contributed by atoms with E-state index in [2.05, 4.69) is 0 Å². The van der Waals surface area contributed by atoms with E-state index in [1.54, 1.807) is 23.9 Å². The van der Waals surface area contributed by atoms with E-state index >= 15 is 0 Å². The van der Waals surface area contributed by atoms with Gasteiger partial charge in [-0.05, 0) is 43.2 Å². The molecule has 0 spiro atoms. The summed E-state index contributed by atoms with van der Waals surface area (Å²) in [5, 5.41) is 1.99. The molecular weight excluding hydrogens is 360 g/mol. The van der Waals surface area contributed by atoms with Gasteiger partial charge in [0.25, 0.3) is 5.56 Å². The number of aryl methyl sites for hydroxylation is 1. The van der Waals surface area contributed by atoms with E-state index in [-0.39, 0.29) is 5.56 Å². The van der Waals surface area contributed by atoms with Gasteiger partial charge in [0.2, 0.25) is 5.03 Å². The highest BCUT2D eigenvalue weighted by molar-refractivity contribution is 7.91. The van der Waals surface area contributed by atoms with Gasteiger partial charge in [0.15, 0.2) is 0 Å². The van der Waals surface area contributed by atoms with Crippen LogP contribution in [0.3, 0.4) is 0 Å². The maximum absolute atomic E-state index is 12.5. The lowest BCUT2D eigenvalue weighted by atomic mass is 10.0. The van der Waals surface area contributed by atoms with Gasteiger partial charge in [0.1, 0.15) is 17.2 Å². The van der Waals surface area contributed by atoms with Gasteiger partial charge in [-0.2, -0.15) is 4.98 Å². The third-order valence-corrected chi connectivity index (χ3v) is 6.06. The zero-order chi connectivity index (χ0) is 19.0. The van der Waals surface area contributed by atoms with Crippen molar-refractivity contribution in [1.82, 2.24) is 9.55 Å². The van der Waals surface area contributed by atoms with Crippen LogP contribution in [0, 0.1) is 5.92 Å². The van der Waals surface area contributed by atoms with Crippen LogP contribution in [-0.4, -0.2) is 26.5 Å². The Labute approximate surface area is 161 Å². The molecule has 1 aliphatic rings. The predicted molar refractivity (Wildman–Crippen MR) is 108 cm³/mol. The summed E-state index contributed by atoms with van der Waals surface area (Å²) in [6, 6.07) is 11.1. The Morgan fingerprint density at radius 2 is 1.96 bits per heavy atom. The molecule has 1 aliphatic carbocycles. The quantitative estimate of drug-likeness (QED) is 0.612. The topological polar surface area (TPSA) is 67.2 Å². The molecule has 1 fully saturated rings. The molecule has 27 heavy (non-hydrogen) atoms. The molecule has 0 bridgehead atoms. The molecule has 0 aliphatic heterocycles. The van der Waals surface area contributed by atoms with Crippen molar-refractivity contribution in [2.45, 2.75) is 24.8 Å². The summed E-state index contributed by atoms with van der Waals surface area (Å²) in [7, 11) is 1.73. The Bertz CT molecular complexity index is 1040. The first-order valence-corrected chi connectivity index (χ1v) is 10.5. The van der Waals surface area contributed by atoms with E-state index in [1.165, 1.54) is 12.8 Å². The van der Waals surface area contributed by atoms with E-state index in [9.17, 15) is 9.35 Å². The van der Waals surface area contributed by atoms with Gasteiger partial charge in [-0.25, -0.2) is 0 Å². The maximum Gasteiger partial charge on any atom is 0.258 e. The van der Waals surface area contributed by atoms with Crippen molar-refractivity contribution in [2.24, 2.45) is 13.0 Å². The van der Waals surface area contributed by atoms with Crippen LogP contribution in [-0.2, 0) is 18.2 Å². The van der Waals surface area contributed by atoms with E-state index in [0.29, 0.717) is 40.1 Å². The van der Waals surface area contributed by atoms with Crippen LogP contribution in [0.4, 0.5) is 0 Å². The number of aromatic nitrogens is 2. The minimum Gasteiger partial charge on any atom is -0.610 e. The standard InChI is InChI=1S/C21H22N2O3S/c1-3-27(25)19-11-10-18(26-13-14-8-9-14)20(22-19)17-12-23(2)21(24)16-7-5-4-6-15(16)17/h4-7,10-12,14H,3,8-9,13H2,1-2H3. The van der Waals surface area contributed by atoms with Crippen LogP contribution in [0.25, 0.3) is 22.0 Å². The summed E-state index contributed by atoms with van der Waals surface area (Å²) in [4.78, 5) is 17.2. The second kappa shape index (κ2) is 7.37. The van der Waals surface area contributed by atoms with Gasteiger partial charge in [0, 0.05) is 41.4 Å². The number of hydrogen-bond acceptors (Lipinski definition) is 4. The fourth-order valence-corrected chi connectivity index (χ4v) is 3.82. The molecule has 6 heteroatoms. The molecule has 5 nitrogen and oxygen atoms in total. The number of ether oxygens (including phenoxy) is 1. The number of fused-ring (bicyclic) bond motifs is 1. The monoisotopic (exact) mass is 382 g/mol. The number of rotatable bonds is 6. The largest absolute Gasteiger partial charge is 0.610 e. The van der Waals surface area contributed by atoms with Crippen molar-refractivity contribution in [1.29, 1.82) is 0 Å². The van der Waals surface area contributed by atoms with Gasteiger partial charge < -0.3 is 13.9 Å². The van der Waals surface area contributed by atoms with E-state index in [4.69, 9.17) is 9.72 Å². The Morgan fingerprint density at radius 1 is 1.22 bits per heavy atom. The van der Waals surface area contributed by atoms with Gasteiger partial charge in [0.05, 0.1) is 6.61 Å². The summed E-state index contributed by atoms with van der Waals surface area (Å²) >= 11 is -1.16. The summed E-state index contributed by atoms with van der Waals surface area (Å²) < 4.78 is 19.9. The van der Waals surface area contributed by atoms with Gasteiger partial charge >= 0.3 is 0 Å². The van der Waals surface area contributed by atoms with Crippen LogP contribution < -0.4 is 10.3 Å². The Hall–Kier alpha value is -2.31. The van der Waals surface area contributed by atoms with Crippen LogP contribution >= 0.6 is 0 Å². The van der Waals surface area contributed by atoms with Crippen LogP contribution in [0.15, 0.2) is 52.4 Å². The van der Waals surface area contributed by atoms with Crippen molar-refractivity contribution < 1.29 is 9.29 Å². The lowest BCUT2D eigenvalue weighted by Gasteiger charge is -2.15. The fraction of sp³-hybridized carbons (Fsp3) is 0.333. The van der Waals surface area contributed by atoms with Crippen LogP contribution in [0.5, 0.6) is 5.75 Å². The molecule has 0 saturated heterocycles. The fourth-order valence-electron chi connectivity index (χ4n) is 3.11. The molecule has 140 valence electrons. The highest BCUT2D eigenvalue weighted by Crippen LogP contribution is 2.36. The summed E-state index contributed by atoms with van der Waals surface area (Å²) in [6.45, 7) is 2.53. The van der Waals surface area contributed by atoms with Crippen molar-refractivity contribution in [3.05, 3.63) is 52.9 Å². The van der Waals surface area contributed by atoms with Crippen molar-refractivity contribution >= 4 is 21.9 Å². The molecule has 1 unspecified atom stereocenters. The van der Waals surface area contributed by atoms with Gasteiger partial charge in [-0.1, -0.05) is 18.2 Å². The number of hydrogen-bond donors (Lipinski definition) is 0. The summed E-state index contributed by atoms with van der Waals surface area (Å²) in [5.74, 6) is 1.78. The van der Waals surface area contributed by atoms with Crippen LogP contribution in [0.2, 0.25) is 0 Å². The normalized spacial score (nSPS) is 15.1. The SMILES string of the molecule is CC[S+]([O-])c1ccc(OCC2CC2)c(-c2cn(C)c(=O)c3ccccc23)n1. The highest BCUT2D eigenvalue weighted by Gasteiger charge is 2.24. The molecule has 2 heterocycles. The second-order valence-corrected chi connectivity index (χ2v) is 8.58. The van der Waals surface area contributed by atoms with E-state index in [1.807, 2.05) is 37.3 Å². The average molecular weight is 382 g/mol. The molecule has 3 aromatic rings. The van der Waals surface area contributed by atoms with Crippen molar-refractivity contribution in [2.75, 3.05) is 12.4 Å². The Morgan fingerprint density at radius 3 is 2.67 bits per heavy atom. The molecule has 1 saturated carbocycles. The first-order chi connectivity index (χ1) is 13.1. The van der Waals surface area contributed by atoms with E-state index in [0.717, 1.165) is 10.9 Å². The summed E-state index contributed by atoms with van der Waals surface area (Å²) in [6.07, 6.45) is 4.18. The van der Waals surface area contributed by atoms with Crippen molar-refractivity contribution in [3.8, 4) is 17.0 Å². The molecule has 1 aromatic carbocycles.